The van der Waals surface area contributed by atoms with Crippen molar-refractivity contribution in [1.29, 1.82) is 0 Å². The predicted octanol–water partition coefficient (Wildman–Crippen LogP) is 5.81. The molecule has 6 nitrogen and oxygen atoms in total. The first-order valence-electron chi connectivity index (χ1n) is 10.1. The topological polar surface area (TPSA) is 78.9 Å². The van der Waals surface area contributed by atoms with Gasteiger partial charge in [0.1, 0.15) is 29.3 Å². The molecule has 2 heterocycles. The SMILES string of the molecule is COc1ccc2c(-c3cc4ccc(OCc5ccccc5Cl)cc4oc3=O)cc(=O)oc2c1. The van der Waals surface area contributed by atoms with Crippen LogP contribution in [0, 0.1) is 0 Å². The highest BCUT2D eigenvalue weighted by Gasteiger charge is 2.15. The summed E-state index contributed by atoms with van der Waals surface area (Å²) < 4.78 is 21.9. The van der Waals surface area contributed by atoms with E-state index in [1.165, 1.54) is 13.2 Å². The number of fused-ring (bicyclic) bond motifs is 2. The van der Waals surface area contributed by atoms with Crippen molar-refractivity contribution >= 4 is 33.5 Å². The van der Waals surface area contributed by atoms with Crippen LogP contribution in [0.25, 0.3) is 33.1 Å². The molecule has 5 rings (SSSR count). The van der Waals surface area contributed by atoms with E-state index in [1.54, 1.807) is 48.5 Å². The second-order valence-corrected chi connectivity index (χ2v) is 7.78. The zero-order valence-corrected chi connectivity index (χ0v) is 18.2. The molecule has 0 spiro atoms. The molecule has 33 heavy (non-hydrogen) atoms. The highest BCUT2D eigenvalue weighted by Crippen LogP contribution is 2.30. The number of methoxy groups -OCH3 is 1. The Labute approximate surface area is 192 Å². The van der Waals surface area contributed by atoms with Gasteiger partial charge < -0.3 is 18.3 Å². The quantitative estimate of drug-likeness (QED) is 0.308. The number of hydrogen-bond donors (Lipinski definition) is 0. The first-order valence-corrected chi connectivity index (χ1v) is 10.5. The number of rotatable bonds is 5. The van der Waals surface area contributed by atoms with Crippen LogP contribution in [0.2, 0.25) is 5.02 Å². The maximum atomic E-state index is 12.9. The number of ether oxygens (including phenoxy) is 2. The van der Waals surface area contributed by atoms with Crippen LogP contribution in [0.4, 0.5) is 0 Å². The van der Waals surface area contributed by atoms with E-state index in [-0.39, 0.29) is 12.2 Å². The number of hydrogen-bond acceptors (Lipinski definition) is 6. The molecule has 0 fully saturated rings. The number of halogens is 1. The van der Waals surface area contributed by atoms with Gasteiger partial charge in [0.2, 0.25) is 0 Å². The van der Waals surface area contributed by atoms with E-state index in [0.29, 0.717) is 44.0 Å². The molecule has 164 valence electrons. The third-order valence-electron chi connectivity index (χ3n) is 5.30. The Kier molecular flexibility index (Phi) is 5.36. The zero-order valence-electron chi connectivity index (χ0n) is 17.5. The van der Waals surface area contributed by atoms with Crippen LogP contribution in [0.1, 0.15) is 5.56 Å². The molecule has 0 radical (unpaired) electrons. The second kappa shape index (κ2) is 8.48. The highest BCUT2D eigenvalue weighted by atomic mass is 35.5. The molecule has 0 bridgehead atoms. The lowest BCUT2D eigenvalue weighted by Crippen LogP contribution is -2.06. The van der Waals surface area contributed by atoms with Crippen molar-refractivity contribution in [3.63, 3.8) is 0 Å². The summed E-state index contributed by atoms with van der Waals surface area (Å²) in [6.07, 6.45) is 0. The molecular formula is C26H17ClO6. The van der Waals surface area contributed by atoms with Gasteiger partial charge in [-0.05, 0) is 36.4 Å². The van der Waals surface area contributed by atoms with Gasteiger partial charge in [0, 0.05) is 45.1 Å². The van der Waals surface area contributed by atoms with Crippen LogP contribution >= 0.6 is 11.6 Å². The first-order chi connectivity index (χ1) is 16.0. The van der Waals surface area contributed by atoms with Crippen molar-refractivity contribution in [3.8, 4) is 22.6 Å². The molecule has 0 amide bonds. The van der Waals surface area contributed by atoms with Crippen molar-refractivity contribution in [3.05, 3.63) is 104 Å². The average molecular weight is 461 g/mol. The molecule has 0 unspecified atom stereocenters. The minimum absolute atomic E-state index is 0.260. The van der Waals surface area contributed by atoms with Crippen molar-refractivity contribution in [2.24, 2.45) is 0 Å². The zero-order chi connectivity index (χ0) is 22.9. The predicted molar refractivity (Wildman–Crippen MR) is 126 cm³/mol. The minimum Gasteiger partial charge on any atom is -0.497 e. The van der Waals surface area contributed by atoms with E-state index in [9.17, 15) is 9.59 Å². The fraction of sp³-hybridized carbons (Fsp3) is 0.0769. The Balaban J connectivity index is 1.54. The average Bonchev–Trinajstić information content (AvgIpc) is 2.82. The van der Waals surface area contributed by atoms with Crippen molar-refractivity contribution in [2.75, 3.05) is 7.11 Å². The molecule has 2 aromatic heterocycles. The minimum atomic E-state index is -0.575. The summed E-state index contributed by atoms with van der Waals surface area (Å²) in [5.41, 5.74) is 1.08. The summed E-state index contributed by atoms with van der Waals surface area (Å²) in [4.78, 5) is 25.0. The monoisotopic (exact) mass is 460 g/mol. The molecule has 0 aliphatic rings. The Bertz CT molecular complexity index is 1620. The van der Waals surface area contributed by atoms with E-state index in [1.807, 2.05) is 18.2 Å². The number of benzene rings is 3. The summed E-state index contributed by atoms with van der Waals surface area (Å²) in [6.45, 7) is 0.280. The van der Waals surface area contributed by atoms with Crippen molar-refractivity contribution < 1.29 is 18.3 Å². The second-order valence-electron chi connectivity index (χ2n) is 7.37. The van der Waals surface area contributed by atoms with Gasteiger partial charge in [0.15, 0.2) is 0 Å². The van der Waals surface area contributed by atoms with Gasteiger partial charge in [0.05, 0.1) is 12.7 Å². The molecule has 3 aromatic carbocycles. The van der Waals surface area contributed by atoms with Gasteiger partial charge in [0.25, 0.3) is 0 Å². The van der Waals surface area contributed by atoms with E-state index in [0.717, 1.165) is 5.56 Å². The van der Waals surface area contributed by atoms with Crippen LogP contribution in [0.15, 0.2) is 91.2 Å². The van der Waals surface area contributed by atoms with Gasteiger partial charge in [-0.2, -0.15) is 0 Å². The normalized spacial score (nSPS) is 11.1. The Hall–Kier alpha value is -4.03. The lowest BCUT2D eigenvalue weighted by Gasteiger charge is -2.09. The van der Waals surface area contributed by atoms with Crippen LogP contribution in [0.5, 0.6) is 11.5 Å². The fourth-order valence-corrected chi connectivity index (χ4v) is 3.83. The standard InChI is InChI=1S/C26H17ClO6/c1-30-17-8-9-19-20(13-25(28)32-24(19)11-17)21-10-15-6-7-18(12-23(15)33-26(21)29)31-14-16-4-2-3-5-22(16)27/h2-13H,14H2,1H3. The van der Waals surface area contributed by atoms with Gasteiger partial charge in [-0.15, -0.1) is 0 Å². The summed E-state index contributed by atoms with van der Waals surface area (Å²) in [5, 5.41) is 1.90. The molecule has 5 aromatic rings. The van der Waals surface area contributed by atoms with Gasteiger partial charge in [-0.1, -0.05) is 29.8 Å². The summed E-state index contributed by atoms with van der Waals surface area (Å²) in [7, 11) is 1.52. The van der Waals surface area contributed by atoms with Crippen LogP contribution in [0.3, 0.4) is 0 Å². The molecular weight excluding hydrogens is 444 g/mol. The van der Waals surface area contributed by atoms with Crippen molar-refractivity contribution in [1.82, 2.24) is 0 Å². The van der Waals surface area contributed by atoms with E-state index < -0.39 is 11.3 Å². The van der Waals surface area contributed by atoms with E-state index in [2.05, 4.69) is 0 Å². The third-order valence-corrected chi connectivity index (χ3v) is 5.67. The smallest absolute Gasteiger partial charge is 0.344 e. The molecule has 0 saturated carbocycles. The summed E-state index contributed by atoms with van der Waals surface area (Å²) in [6, 6.07) is 20.7. The van der Waals surface area contributed by atoms with Crippen LogP contribution in [-0.4, -0.2) is 7.11 Å². The maximum Gasteiger partial charge on any atom is 0.344 e. The van der Waals surface area contributed by atoms with Crippen molar-refractivity contribution in [2.45, 2.75) is 6.61 Å². The largest absolute Gasteiger partial charge is 0.497 e. The van der Waals surface area contributed by atoms with Gasteiger partial charge in [-0.3, -0.25) is 0 Å². The molecule has 7 heteroatoms. The molecule has 0 aliphatic carbocycles. The van der Waals surface area contributed by atoms with Gasteiger partial charge >= 0.3 is 11.3 Å². The molecule has 0 aliphatic heterocycles. The summed E-state index contributed by atoms with van der Waals surface area (Å²) in [5.74, 6) is 1.08. The van der Waals surface area contributed by atoms with Gasteiger partial charge in [-0.25, -0.2) is 9.59 Å². The van der Waals surface area contributed by atoms with E-state index in [4.69, 9.17) is 29.9 Å². The molecule has 0 saturated heterocycles. The maximum absolute atomic E-state index is 12.9. The van der Waals surface area contributed by atoms with Crippen LogP contribution in [-0.2, 0) is 6.61 Å². The third kappa shape index (κ3) is 4.08. The Morgan fingerprint density at radius 2 is 1.61 bits per heavy atom. The Morgan fingerprint density at radius 1 is 0.818 bits per heavy atom. The Morgan fingerprint density at radius 3 is 2.42 bits per heavy atom. The molecule has 0 atom stereocenters. The van der Waals surface area contributed by atoms with E-state index >= 15 is 0 Å². The molecule has 0 N–H and O–H groups in total. The summed E-state index contributed by atoms with van der Waals surface area (Å²) >= 11 is 6.18. The lowest BCUT2D eigenvalue weighted by molar-refractivity contribution is 0.306. The first kappa shape index (κ1) is 20.8. The van der Waals surface area contributed by atoms with Crippen LogP contribution < -0.4 is 20.7 Å². The fourth-order valence-electron chi connectivity index (χ4n) is 3.64. The lowest BCUT2D eigenvalue weighted by atomic mass is 10.0. The highest BCUT2D eigenvalue weighted by molar-refractivity contribution is 6.31.